The Morgan fingerprint density at radius 2 is 0.607 bits per heavy atom. The van der Waals surface area contributed by atoms with E-state index in [0.29, 0.717) is 19.6 Å². The third-order valence-electron chi connectivity index (χ3n) is 11.5. The lowest BCUT2D eigenvalue weighted by Crippen LogP contribution is -2.24. The van der Waals surface area contributed by atoms with E-state index in [1.165, 1.54) is 193 Å². The lowest BCUT2D eigenvalue weighted by molar-refractivity contribution is -0.157. The van der Waals surface area contributed by atoms with Crippen molar-refractivity contribution in [1.82, 2.24) is 0 Å². The second-order valence-corrected chi connectivity index (χ2v) is 17.1. The molecule has 0 aromatic heterocycles. The summed E-state index contributed by atoms with van der Waals surface area (Å²) in [5, 5.41) is 0. The van der Waals surface area contributed by atoms with Crippen molar-refractivity contribution in [3.8, 4) is 0 Å². The van der Waals surface area contributed by atoms with Crippen molar-refractivity contribution in [3.63, 3.8) is 0 Å². The highest BCUT2D eigenvalue weighted by Crippen LogP contribution is 2.18. The molecular weight excluding hydrogens is 697 g/mol. The van der Waals surface area contributed by atoms with Gasteiger partial charge < -0.3 is 14.2 Å². The molecular formula is C50H96O6. The molecule has 0 aromatic carbocycles. The smallest absolute Gasteiger partial charge is 0.309 e. The zero-order valence-corrected chi connectivity index (χ0v) is 37.9. The van der Waals surface area contributed by atoms with Crippen LogP contribution in [0.4, 0.5) is 0 Å². The van der Waals surface area contributed by atoms with Crippen molar-refractivity contribution in [3.05, 3.63) is 0 Å². The lowest BCUT2D eigenvalue weighted by atomic mass is 10.0. The summed E-state index contributed by atoms with van der Waals surface area (Å²) in [6.07, 6.45) is 47.3. The lowest BCUT2D eigenvalue weighted by Gasteiger charge is -2.16. The standard InChI is InChI=1S/C50H96O6/c1-4-7-10-13-16-19-22-23-24-25-26-28-31-34-37-40-44-56-50(53)47(46-49(52)54-43-39-36-33-30-21-18-15-12-9-6-3)42-45-55-48(51)41-38-35-32-29-27-20-17-14-11-8-5-2/h47H,4-46H2,1-3H3. The Kier molecular flexibility index (Phi) is 44.8. The van der Waals surface area contributed by atoms with Gasteiger partial charge in [-0.25, -0.2) is 0 Å². The van der Waals surface area contributed by atoms with Crippen molar-refractivity contribution in [1.29, 1.82) is 0 Å². The minimum Gasteiger partial charge on any atom is -0.466 e. The summed E-state index contributed by atoms with van der Waals surface area (Å²) in [5.74, 6) is -1.60. The van der Waals surface area contributed by atoms with E-state index in [2.05, 4.69) is 20.8 Å². The van der Waals surface area contributed by atoms with Crippen LogP contribution in [0.3, 0.4) is 0 Å². The first kappa shape index (κ1) is 54.4. The molecule has 0 bridgehead atoms. The van der Waals surface area contributed by atoms with Crippen LogP contribution >= 0.6 is 0 Å². The molecule has 0 fully saturated rings. The summed E-state index contributed by atoms with van der Waals surface area (Å²) in [6.45, 7) is 7.68. The quantitative estimate of drug-likeness (QED) is 0.0347. The topological polar surface area (TPSA) is 78.9 Å². The minimum absolute atomic E-state index is 0.0221. The van der Waals surface area contributed by atoms with E-state index in [1.54, 1.807) is 0 Å². The molecule has 6 heteroatoms. The molecule has 0 aliphatic rings. The second-order valence-electron chi connectivity index (χ2n) is 17.1. The number of rotatable bonds is 46. The van der Waals surface area contributed by atoms with Gasteiger partial charge in [-0.05, 0) is 25.7 Å². The molecule has 0 saturated carbocycles. The first-order valence-corrected chi connectivity index (χ1v) is 25.0. The molecule has 0 rings (SSSR count). The van der Waals surface area contributed by atoms with Crippen LogP contribution in [-0.2, 0) is 28.6 Å². The van der Waals surface area contributed by atoms with Gasteiger partial charge in [0.2, 0.25) is 0 Å². The SMILES string of the molecule is CCCCCCCCCCCCCCCCCCOC(=O)C(CCOC(=O)CCCCCCCCCCCCC)CC(=O)OCCCCCCCCCCCC. The van der Waals surface area contributed by atoms with Crippen molar-refractivity contribution in [2.45, 2.75) is 278 Å². The van der Waals surface area contributed by atoms with Crippen LogP contribution in [0.15, 0.2) is 0 Å². The van der Waals surface area contributed by atoms with Gasteiger partial charge in [-0.15, -0.1) is 0 Å². The number of carbonyl (C=O) groups excluding carboxylic acids is 3. The van der Waals surface area contributed by atoms with Gasteiger partial charge in [0.25, 0.3) is 0 Å². The van der Waals surface area contributed by atoms with Gasteiger partial charge in [-0.3, -0.25) is 14.4 Å². The highest BCUT2D eigenvalue weighted by molar-refractivity contribution is 5.80. The molecule has 1 unspecified atom stereocenters. The van der Waals surface area contributed by atoms with E-state index in [0.717, 1.165) is 44.9 Å². The summed E-state index contributed by atoms with van der Waals surface area (Å²) in [4.78, 5) is 38.2. The average molecular weight is 793 g/mol. The van der Waals surface area contributed by atoms with Gasteiger partial charge in [0.05, 0.1) is 32.2 Å². The Morgan fingerprint density at radius 1 is 0.321 bits per heavy atom. The number of esters is 3. The Labute approximate surface area is 348 Å². The zero-order chi connectivity index (χ0) is 40.8. The molecule has 6 nitrogen and oxygen atoms in total. The van der Waals surface area contributed by atoms with Gasteiger partial charge in [0.1, 0.15) is 0 Å². The van der Waals surface area contributed by atoms with Crippen LogP contribution in [0.25, 0.3) is 0 Å². The molecule has 0 N–H and O–H groups in total. The molecule has 0 spiro atoms. The fourth-order valence-corrected chi connectivity index (χ4v) is 7.60. The second kappa shape index (κ2) is 46.1. The highest BCUT2D eigenvalue weighted by Gasteiger charge is 2.25. The number of hydrogen-bond donors (Lipinski definition) is 0. The fourth-order valence-electron chi connectivity index (χ4n) is 7.60. The molecule has 0 heterocycles. The van der Waals surface area contributed by atoms with Crippen LogP contribution in [0.2, 0.25) is 0 Å². The maximum absolute atomic E-state index is 13.1. The Balaban J connectivity index is 4.29. The van der Waals surface area contributed by atoms with Crippen LogP contribution in [0, 0.1) is 5.92 Å². The maximum atomic E-state index is 13.1. The molecule has 0 aliphatic heterocycles. The van der Waals surface area contributed by atoms with Gasteiger partial charge >= 0.3 is 17.9 Å². The Hall–Kier alpha value is -1.59. The number of carbonyl (C=O) groups is 3. The Bertz CT molecular complexity index is 828. The summed E-state index contributed by atoms with van der Waals surface area (Å²) >= 11 is 0. The van der Waals surface area contributed by atoms with Crippen LogP contribution in [-0.4, -0.2) is 37.7 Å². The molecule has 0 radical (unpaired) electrons. The van der Waals surface area contributed by atoms with E-state index >= 15 is 0 Å². The van der Waals surface area contributed by atoms with E-state index in [9.17, 15) is 14.4 Å². The summed E-state index contributed by atoms with van der Waals surface area (Å²) < 4.78 is 16.7. The van der Waals surface area contributed by atoms with E-state index < -0.39 is 5.92 Å². The predicted octanol–water partition coefficient (Wildman–Crippen LogP) is 15.9. The first-order valence-electron chi connectivity index (χ1n) is 25.0. The molecule has 332 valence electrons. The molecule has 1 atom stereocenters. The number of hydrogen-bond acceptors (Lipinski definition) is 6. The van der Waals surface area contributed by atoms with E-state index in [-0.39, 0.29) is 37.4 Å². The minimum atomic E-state index is -0.647. The van der Waals surface area contributed by atoms with Crippen molar-refractivity contribution >= 4 is 17.9 Å². The van der Waals surface area contributed by atoms with Crippen LogP contribution < -0.4 is 0 Å². The Morgan fingerprint density at radius 3 is 0.964 bits per heavy atom. The van der Waals surface area contributed by atoms with Gasteiger partial charge in [-0.1, -0.05) is 239 Å². The van der Waals surface area contributed by atoms with E-state index in [1.807, 2.05) is 0 Å². The number of unbranched alkanes of at least 4 members (excludes halogenated alkanes) is 34. The predicted molar refractivity (Wildman–Crippen MR) is 238 cm³/mol. The molecule has 0 aliphatic carbocycles. The van der Waals surface area contributed by atoms with Crippen LogP contribution in [0.1, 0.15) is 278 Å². The maximum Gasteiger partial charge on any atom is 0.309 e. The summed E-state index contributed by atoms with van der Waals surface area (Å²) in [6, 6.07) is 0. The largest absolute Gasteiger partial charge is 0.466 e. The summed E-state index contributed by atoms with van der Waals surface area (Å²) in [7, 11) is 0. The average Bonchev–Trinajstić information content (AvgIpc) is 3.19. The number of ether oxygens (including phenoxy) is 3. The normalized spacial score (nSPS) is 11.8. The third kappa shape index (κ3) is 42.0. The highest BCUT2D eigenvalue weighted by atomic mass is 16.5. The first-order chi connectivity index (χ1) is 27.5. The zero-order valence-electron chi connectivity index (χ0n) is 37.9. The van der Waals surface area contributed by atoms with Gasteiger partial charge in [0.15, 0.2) is 0 Å². The third-order valence-corrected chi connectivity index (χ3v) is 11.5. The molecule has 56 heavy (non-hydrogen) atoms. The molecule has 0 aromatic rings. The van der Waals surface area contributed by atoms with E-state index in [4.69, 9.17) is 14.2 Å². The van der Waals surface area contributed by atoms with Crippen molar-refractivity contribution < 1.29 is 28.6 Å². The molecule has 0 amide bonds. The van der Waals surface area contributed by atoms with Crippen molar-refractivity contribution in [2.24, 2.45) is 5.92 Å². The monoisotopic (exact) mass is 793 g/mol. The summed E-state index contributed by atoms with van der Waals surface area (Å²) in [5.41, 5.74) is 0. The van der Waals surface area contributed by atoms with Gasteiger partial charge in [0, 0.05) is 6.42 Å². The van der Waals surface area contributed by atoms with Crippen molar-refractivity contribution in [2.75, 3.05) is 19.8 Å². The fraction of sp³-hybridized carbons (Fsp3) is 0.940. The molecule has 0 saturated heterocycles. The van der Waals surface area contributed by atoms with Crippen LogP contribution in [0.5, 0.6) is 0 Å². The van der Waals surface area contributed by atoms with Gasteiger partial charge in [-0.2, -0.15) is 0 Å².